The van der Waals surface area contributed by atoms with Crippen LogP contribution in [0, 0.1) is 0 Å². The van der Waals surface area contributed by atoms with Crippen molar-refractivity contribution in [3.8, 4) is 5.75 Å². The number of benzene rings is 2. The van der Waals surface area contributed by atoms with Gasteiger partial charge in [0.2, 0.25) is 0 Å². The summed E-state index contributed by atoms with van der Waals surface area (Å²) in [6.45, 7) is 5.92. The lowest BCUT2D eigenvalue weighted by atomic mass is 10.1. The van der Waals surface area contributed by atoms with Crippen molar-refractivity contribution in [3.63, 3.8) is 0 Å². The van der Waals surface area contributed by atoms with Gasteiger partial charge >= 0.3 is 0 Å². The van der Waals surface area contributed by atoms with Crippen molar-refractivity contribution in [2.75, 3.05) is 0 Å². The maximum atomic E-state index is 12.0. The molecule has 2 N–H and O–H groups in total. The van der Waals surface area contributed by atoms with E-state index < -0.39 is 0 Å². The minimum atomic E-state index is -0.385. The van der Waals surface area contributed by atoms with Gasteiger partial charge in [0, 0.05) is 11.1 Å². The molecule has 0 bridgehead atoms. The zero-order valence-electron chi connectivity index (χ0n) is 14.1. The predicted molar refractivity (Wildman–Crippen MR) is 93.0 cm³/mol. The van der Waals surface area contributed by atoms with E-state index in [9.17, 15) is 9.59 Å². The van der Waals surface area contributed by atoms with Crippen LogP contribution in [0.1, 0.15) is 47.1 Å². The number of hydrogen-bond donors (Lipinski definition) is 2. The Morgan fingerprint density at radius 2 is 1.33 bits per heavy atom. The summed E-state index contributed by atoms with van der Waals surface area (Å²) in [5.74, 6) is -0.0445. The Morgan fingerprint density at radius 3 is 1.75 bits per heavy atom. The first-order chi connectivity index (χ1) is 11.5. The molecule has 2 aromatic carbocycles. The van der Waals surface area contributed by atoms with Crippen molar-refractivity contribution in [1.82, 2.24) is 10.9 Å². The van der Waals surface area contributed by atoms with Gasteiger partial charge in [0.1, 0.15) is 5.75 Å². The van der Waals surface area contributed by atoms with Crippen LogP contribution in [0.15, 0.2) is 48.5 Å². The third kappa shape index (κ3) is 4.84. The van der Waals surface area contributed by atoms with Gasteiger partial charge in [0.15, 0.2) is 0 Å². The second kappa shape index (κ2) is 8.15. The monoisotopic (exact) mass is 326 g/mol. The molecule has 0 atom stereocenters. The van der Waals surface area contributed by atoms with Gasteiger partial charge in [0.05, 0.1) is 6.10 Å². The summed E-state index contributed by atoms with van der Waals surface area (Å²) in [7, 11) is 0. The highest BCUT2D eigenvalue weighted by Crippen LogP contribution is 2.13. The van der Waals surface area contributed by atoms with Crippen molar-refractivity contribution in [2.45, 2.75) is 33.3 Å². The van der Waals surface area contributed by atoms with Crippen molar-refractivity contribution in [2.24, 2.45) is 0 Å². The van der Waals surface area contributed by atoms with Crippen molar-refractivity contribution >= 4 is 11.8 Å². The Kier molecular flexibility index (Phi) is 5.95. The smallest absolute Gasteiger partial charge is 0.269 e. The van der Waals surface area contributed by atoms with Gasteiger partial charge in [-0.05, 0) is 62.2 Å². The maximum absolute atomic E-state index is 12.0. The number of ether oxygens (including phenoxy) is 1. The molecule has 2 aromatic rings. The molecule has 0 unspecified atom stereocenters. The molecule has 0 aromatic heterocycles. The fourth-order valence-electron chi connectivity index (χ4n) is 2.11. The number of aryl methyl sites for hydroxylation is 1. The van der Waals surface area contributed by atoms with Gasteiger partial charge < -0.3 is 4.74 Å². The molecule has 0 fully saturated rings. The third-order valence-electron chi connectivity index (χ3n) is 3.40. The molecular formula is C19H22N2O3. The average molecular weight is 326 g/mol. The largest absolute Gasteiger partial charge is 0.491 e. The molecule has 24 heavy (non-hydrogen) atoms. The highest BCUT2D eigenvalue weighted by molar-refractivity contribution is 5.99. The molecule has 0 radical (unpaired) electrons. The molecule has 0 saturated carbocycles. The average Bonchev–Trinajstić information content (AvgIpc) is 2.59. The molecule has 0 heterocycles. The van der Waals surface area contributed by atoms with Gasteiger partial charge in [-0.1, -0.05) is 19.1 Å². The SMILES string of the molecule is CCc1ccc(C(=O)NNC(=O)c2ccc(OC(C)C)cc2)cc1. The van der Waals surface area contributed by atoms with Crippen LogP contribution in [-0.2, 0) is 6.42 Å². The summed E-state index contributed by atoms with van der Waals surface area (Å²) in [5.41, 5.74) is 6.90. The lowest BCUT2D eigenvalue weighted by molar-refractivity contribution is 0.0846. The fourth-order valence-corrected chi connectivity index (χ4v) is 2.11. The van der Waals surface area contributed by atoms with Gasteiger partial charge in [-0.3, -0.25) is 20.4 Å². The Balaban J connectivity index is 1.90. The summed E-state index contributed by atoms with van der Waals surface area (Å²) in [6, 6.07) is 14.0. The molecule has 0 saturated heterocycles. The number of carbonyl (C=O) groups is 2. The summed E-state index contributed by atoms with van der Waals surface area (Å²) in [4.78, 5) is 24.1. The minimum absolute atomic E-state index is 0.0723. The molecule has 0 aliphatic rings. The fraction of sp³-hybridized carbons (Fsp3) is 0.263. The third-order valence-corrected chi connectivity index (χ3v) is 3.40. The Hall–Kier alpha value is -2.82. The van der Waals surface area contributed by atoms with Crippen molar-refractivity contribution in [3.05, 3.63) is 65.2 Å². The molecule has 0 spiro atoms. The van der Waals surface area contributed by atoms with Crippen molar-refractivity contribution in [1.29, 1.82) is 0 Å². The second-order valence-electron chi connectivity index (χ2n) is 5.65. The van der Waals surface area contributed by atoms with Gasteiger partial charge in [-0.25, -0.2) is 0 Å². The molecule has 0 aliphatic heterocycles. The Bertz CT molecular complexity index is 692. The molecule has 5 nitrogen and oxygen atoms in total. The maximum Gasteiger partial charge on any atom is 0.269 e. The van der Waals surface area contributed by atoms with E-state index >= 15 is 0 Å². The van der Waals surface area contributed by atoms with Gasteiger partial charge in [-0.15, -0.1) is 0 Å². The van der Waals surface area contributed by atoms with Crippen LogP contribution < -0.4 is 15.6 Å². The van der Waals surface area contributed by atoms with Crippen LogP contribution >= 0.6 is 0 Å². The first-order valence-electron chi connectivity index (χ1n) is 7.96. The highest BCUT2D eigenvalue weighted by Gasteiger charge is 2.09. The van der Waals surface area contributed by atoms with Crippen LogP contribution in [0.25, 0.3) is 0 Å². The summed E-state index contributed by atoms with van der Waals surface area (Å²) in [5, 5.41) is 0. The van der Waals surface area contributed by atoms with E-state index in [0.29, 0.717) is 16.9 Å². The zero-order valence-corrected chi connectivity index (χ0v) is 14.1. The molecule has 0 aliphatic carbocycles. The van der Waals surface area contributed by atoms with E-state index in [1.807, 2.05) is 32.9 Å². The molecule has 2 amide bonds. The normalized spacial score (nSPS) is 10.3. The number of rotatable bonds is 5. The van der Waals surface area contributed by atoms with Crippen LogP contribution in [-0.4, -0.2) is 17.9 Å². The van der Waals surface area contributed by atoms with Crippen LogP contribution in [0.4, 0.5) is 0 Å². The van der Waals surface area contributed by atoms with Crippen LogP contribution in [0.3, 0.4) is 0 Å². The lowest BCUT2D eigenvalue weighted by Crippen LogP contribution is -2.41. The number of nitrogens with one attached hydrogen (secondary N) is 2. The van der Waals surface area contributed by atoms with E-state index in [0.717, 1.165) is 12.0 Å². The molecular weight excluding hydrogens is 304 g/mol. The quantitative estimate of drug-likeness (QED) is 0.830. The van der Waals surface area contributed by atoms with E-state index in [2.05, 4.69) is 10.9 Å². The number of carbonyl (C=O) groups excluding carboxylic acids is 2. The minimum Gasteiger partial charge on any atom is -0.491 e. The lowest BCUT2D eigenvalue weighted by Gasteiger charge is -2.11. The van der Waals surface area contributed by atoms with E-state index in [1.54, 1.807) is 36.4 Å². The van der Waals surface area contributed by atoms with E-state index in [-0.39, 0.29) is 17.9 Å². The van der Waals surface area contributed by atoms with Gasteiger partial charge in [0.25, 0.3) is 11.8 Å². The van der Waals surface area contributed by atoms with E-state index in [4.69, 9.17) is 4.74 Å². The summed E-state index contributed by atoms with van der Waals surface area (Å²) < 4.78 is 5.52. The van der Waals surface area contributed by atoms with E-state index in [1.165, 1.54) is 0 Å². The summed E-state index contributed by atoms with van der Waals surface area (Å²) >= 11 is 0. The predicted octanol–water partition coefficient (Wildman–Crippen LogP) is 3.11. The zero-order chi connectivity index (χ0) is 17.5. The highest BCUT2D eigenvalue weighted by atomic mass is 16.5. The molecule has 2 rings (SSSR count). The molecule has 5 heteroatoms. The number of amides is 2. The second-order valence-corrected chi connectivity index (χ2v) is 5.65. The Morgan fingerprint density at radius 1 is 0.875 bits per heavy atom. The Labute approximate surface area is 142 Å². The standard InChI is InChI=1S/C19H22N2O3/c1-4-14-5-7-15(8-6-14)18(22)20-21-19(23)16-9-11-17(12-10-16)24-13(2)3/h5-13H,4H2,1-3H3,(H,20,22)(H,21,23). The van der Waals surface area contributed by atoms with Crippen LogP contribution in [0.2, 0.25) is 0 Å². The molecule has 126 valence electrons. The first kappa shape index (κ1) is 17.5. The summed E-state index contributed by atoms with van der Waals surface area (Å²) in [6.07, 6.45) is 0.984. The van der Waals surface area contributed by atoms with Crippen LogP contribution in [0.5, 0.6) is 5.75 Å². The van der Waals surface area contributed by atoms with Crippen molar-refractivity contribution < 1.29 is 14.3 Å². The first-order valence-corrected chi connectivity index (χ1v) is 7.96. The topological polar surface area (TPSA) is 67.4 Å². The van der Waals surface area contributed by atoms with Gasteiger partial charge in [-0.2, -0.15) is 0 Å². The number of hydrogen-bond acceptors (Lipinski definition) is 3. The number of hydrazine groups is 1.